The zero-order chi connectivity index (χ0) is 30.7. The number of hydrogen-bond acceptors (Lipinski definition) is 1. The van der Waals surface area contributed by atoms with Crippen molar-refractivity contribution in [3.63, 3.8) is 0 Å². The van der Waals surface area contributed by atoms with Crippen molar-refractivity contribution in [1.29, 1.82) is 0 Å². The van der Waals surface area contributed by atoms with Crippen LogP contribution in [0, 0.1) is 0 Å². The van der Waals surface area contributed by atoms with Gasteiger partial charge in [0.2, 0.25) is 0 Å². The molecule has 0 saturated carbocycles. The number of hydrogen-bond donors (Lipinski definition) is 1. The number of phenolic OH excluding ortho intramolecular Hbond substituents is 1. The Morgan fingerprint density at radius 1 is 0.326 bits per heavy atom. The van der Waals surface area contributed by atoms with Crippen molar-refractivity contribution >= 4 is 21.5 Å². The highest BCUT2D eigenvalue weighted by molar-refractivity contribution is 5.93. The van der Waals surface area contributed by atoms with Gasteiger partial charge in [-0.1, -0.05) is 140 Å². The van der Waals surface area contributed by atoms with Crippen molar-refractivity contribution in [3.05, 3.63) is 198 Å². The predicted octanol–water partition coefficient (Wildman–Crippen LogP) is 11.4. The molecule has 0 bridgehead atoms. The van der Waals surface area contributed by atoms with Crippen molar-refractivity contribution in [2.75, 3.05) is 0 Å². The Labute approximate surface area is 268 Å². The maximum absolute atomic E-state index is 10.0. The summed E-state index contributed by atoms with van der Waals surface area (Å²) in [4.78, 5) is 0. The van der Waals surface area contributed by atoms with Gasteiger partial charge in [0.05, 0.1) is 5.41 Å². The van der Waals surface area contributed by atoms with Crippen LogP contribution in [0.5, 0.6) is 5.75 Å². The van der Waals surface area contributed by atoms with E-state index in [1.54, 1.807) is 6.07 Å². The lowest BCUT2D eigenvalue weighted by molar-refractivity contribution is 0.476. The third-order valence-electron chi connectivity index (χ3n) is 9.79. The van der Waals surface area contributed by atoms with Crippen molar-refractivity contribution in [2.24, 2.45) is 0 Å². The van der Waals surface area contributed by atoms with Crippen molar-refractivity contribution < 1.29 is 5.11 Å². The minimum Gasteiger partial charge on any atom is -0.508 e. The number of phenols is 1. The number of benzene rings is 8. The highest BCUT2D eigenvalue weighted by atomic mass is 16.3. The molecule has 9 rings (SSSR count). The zero-order valence-electron chi connectivity index (χ0n) is 25.2. The first-order chi connectivity index (χ1) is 22.7. The van der Waals surface area contributed by atoms with Gasteiger partial charge in [-0.25, -0.2) is 0 Å². The third kappa shape index (κ3) is 4.02. The predicted molar refractivity (Wildman–Crippen MR) is 191 cm³/mol. The Morgan fingerprint density at radius 3 is 1.33 bits per heavy atom. The normalized spacial score (nSPS) is 13.0. The van der Waals surface area contributed by atoms with Gasteiger partial charge >= 0.3 is 0 Å². The lowest BCUT2D eigenvalue weighted by atomic mass is 9.67. The summed E-state index contributed by atoms with van der Waals surface area (Å²) in [7, 11) is 0. The molecule has 8 aromatic carbocycles. The maximum atomic E-state index is 10.0. The lowest BCUT2D eigenvalue weighted by Gasteiger charge is -2.34. The molecule has 0 fully saturated rings. The second-order valence-electron chi connectivity index (χ2n) is 12.3. The molecule has 0 radical (unpaired) electrons. The third-order valence-corrected chi connectivity index (χ3v) is 9.79. The van der Waals surface area contributed by atoms with Crippen LogP contribution in [0.3, 0.4) is 0 Å². The molecule has 0 amide bonds. The lowest BCUT2D eigenvalue weighted by Crippen LogP contribution is -2.28. The summed E-state index contributed by atoms with van der Waals surface area (Å²) in [5, 5.41) is 14.7. The van der Waals surface area contributed by atoms with Gasteiger partial charge in [0.25, 0.3) is 0 Å². The van der Waals surface area contributed by atoms with Crippen LogP contribution < -0.4 is 0 Å². The second-order valence-corrected chi connectivity index (χ2v) is 12.3. The molecule has 0 unspecified atom stereocenters. The molecule has 1 nitrogen and oxygen atoms in total. The van der Waals surface area contributed by atoms with Gasteiger partial charge in [0.1, 0.15) is 5.75 Å². The molecule has 1 heteroatoms. The summed E-state index contributed by atoms with van der Waals surface area (Å²) in [6.07, 6.45) is 0. The molecule has 1 aliphatic carbocycles. The fourth-order valence-corrected chi connectivity index (χ4v) is 7.63. The minimum atomic E-state index is -0.501. The second kappa shape index (κ2) is 10.3. The van der Waals surface area contributed by atoms with Crippen molar-refractivity contribution in [2.45, 2.75) is 5.41 Å². The van der Waals surface area contributed by atoms with Crippen LogP contribution in [0.25, 0.3) is 54.9 Å². The molecule has 0 heterocycles. The van der Waals surface area contributed by atoms with E-state index in [1.165, 1.54) is 60.8 Å². The van der Waals surface area contributed by atoms with E-state index >= 15 is 0 Å². The van der Waals surface area contributed by atoms with Crippen LogP contribution in [0.1, 0.15) is 22.3 Å². The van der Waals surface area contributed by atoms with Gasteiger partial charge in [-0.05, 0) is 114 Å². The van der Waals surface area contributed by atoms with E-state index in [2.05, 4.69) is 158 Å². The largest absolute Gasteiger partial charge is 0.508 e. The van der Waals surface area contributed by atoms with Gasteiger partial charge in [0, 0.05) is 0 Å². The summed E-state index contributed by atoms with van der Waals surface area (Å²) < 4.78 is 0. The Balaban J connectivity index is 1.31. The molecular weight excluding hydrogens is 556 g/mol. The van der Waals surface area contributed by atoms with E-state index in [4.69, 9.17) is 0 Å². The molecule has 46 heavy (non-hydrogen) atoms. The number of fused-ring (bicyclic) bond motifs is 5. The standard InChI is InChI=1S/C45H30O/c46-40-22-19-34-26-33(17-18-35(34)27-40)37-21-24-42-41-23-20-36(32-16-15-30-9-7-8-10-31(30)25-32)28-43(41)45(44(42)29-37,38-11-3-1-4-12-38)39-13-5-2-6-14-39/h1-29,46H. The van der Waals surface area contributed by atoms with Gasteiger partial charge in [0.15, 0.2) is 0 Å². The Hall–Kier alpha value is -5.92. The molecule has 0 aliphatic heterocycles. The van der Waals surface area contributed by atoms with E-state index < -0.39 is 5.41 Å². The SMILES string of the molecule is Oc1ccc2cc(-c3ccc4c(c3)C(c3ccccc3)(c3ccccc3)c3cc(-c5ccc6ccccc6c5)ccc3-4)ccc2c1. The highest BCUT2D eigenvalue weighted by Crippen LogP contribution is 2.57. The highest BCUT2D eigenvalue weighted by Gasteiger charge is 2.46. The van der Waals surface area contributed by atoms with Crippen LogP contribution in [-0.2, 0) is 5.41 Å². The van der Waals surface area contributed by atoms with E-state index in [1.807, 2.05) is 12.1 Å². The quantitative estimate of drug-likeness (QED) is 0.217. The maximum Gasteiger partial charge on any atom is 0.116 e. The first kappa shape index (κ1) is 26.5. The molecule has 0 saturated heterocycles. The zero-order valence-corrected chi connectivity index (χ0v) is 25.2. The molecule has 216 valence electrons. The Bertz CT molecular complexity index is 2380. The van der Waals surface area contributed by atoms with E-state index in [0.29, 0.717) is 0 Å². The first-order valence-corrected chi connectivity index (χ1v) is 15.8. The fraction of sp³-hybridized carbons (Fsp3) is 0.0222. The van der Waals surface area contributed by atoms with E-state index in [-0.39, 0.29) is 5.75 Å². The molecule has 8 aromatic rings. The Kier molecular flexibility index (Phi) is 5.94. The summed E-state index contributed by atoms with van der Waals surface area (Å²) in [6, 6.07) is 63.4. The first-order valence-electron chi connectivity index (χ1n) is 15.8. The fourth-order valence-electron chi connectivity index (χ4n) is 7.63. The van der Waals surface area contributed by atoms with Gasteiger partial charge in [-0.15, -0.1) is 0 Å². The average molecular weight is 587 g/mol. The summed E-state index contributed by atoms with van der Waals surface area (Å²) in [5.41, 5.74) is 11.9. The summed E-state index contributed by atoms with van der Waals surface area (Å²) in [5.74, 6) is 0.286. The summed E-state index contributed by atoms with van der Waals surface area (Å²) in [6.45, 7) is 0. The summed E-state index contributed by atoms with van der Waals surface area (Å²) >= 11 is 0. The number of aromatic hydroxyl groups is 1. The molecular formula is C45H30O. The molecule has 0 atom stereocenters. The topological polar surface area (TPSA) is 20.2 Å². The number of rotatable bonds is 4. The smallest absolute Gasteiger partial charge is 0.116 e. The molecule has 1 N–H and O–H groups in total. The Morgan fingerprint density at radius 2 is 0.739 bits per heavy atom. The molecule has 0 aromatic heterocycles. The molecule has 0 spiro atoms. The minimum absolute atomic E-state index is 0.286. The molecule has 1 aliphatic rings. The van der Waals surface area contributed by atoms with Gasteiger partial charge in [-0.3, -0.25) is 0 Å². The van der Waals surface area contributed by atoms with Gasteiger partial charge in [-0.2, -0.15) is 0 Å². The van der Waals surface area contributed by atoms with Crippen LogP contribution >= 0.6 is 0 Å². The van der Waals surface area contributed by atoms with E-state index in [9.17, 15) is 5.11 Å². The van der Waals surface area contributed by atoms with Crippen molar-refractivity contribution in [3.8, 4) is 39.1 Å². The average Bonchev–Trinajstić information content (AvgIpc) is 3.41. The monoisotopic (exact) mass is 586 g/mol. The van der Waals surface area contributed by atoms with Crippen LogP contribution in [-0.4, -0.2) is 5.11 Å². The van der Waals surface area contributed by atoms with Crippen LogP contribution in [0.15, 0.2) is 176 Å². The van der Waals surface area contributed by atoms with Gasteiger partial charge < -0.3 is 5.11 Å². The van der Waals surface area contributed by atoms with E-state index in [0.717, 1.165) is 16.3 Å². The van der Waals surface area contributed by atoms with Crippen molar-refractivity contribution in [1.82, 2.24) is 0 Å². The van der Waals surface area contributed by atoms with Crippen LogP contribution in [0.4, 0.5) is 0 Å². The van der Waals surface area contributed by atoms with Crippen LogP contribution in [0.2, 0.25) is 0 Å².